The van der Waals surface area contributed by atoms with E-state index in [0.717, 1.165) is 6.61 Å². The van der Waals surface area contributed by atoms with Gasteiger partial charge in [-0.3, -0.25) is 0 Å². The number of hydrogen-bond acceptors (Lipinski definition) is 1. The zero-order valence-electron chi connectivity index (χ0n) is 4.12. The first-order valence-corrected chi connectivity index (χ1v) is 3.23. The third kappa shape index (κ3) is 4.63. The molecule has 0 heterocycles. The summed E-state index contributed by atoms with van der Waals surface area (Å²) in [4.78, 5) is 0. The first-order valence-electron chi connectivity index (χ1n) is 1.80. The molecule has 0 aliphatic heterocycles. The number of methoxy groups -OCH3 is 1. The van der Waals surface area contributed by atoms with Crippen LogP contribution < -0.4 is 0 Å². The molecule has 0 spiro atoms. The van der Waals surface area contributed by atoms with Gasteiger partial charge in [0.05, 0.1) is 0 Å². The van der Waals surface area contributed by atoms with Crippen LogP contribution in [-0.2, 0) is 4.74 Å². The van der Waals surface area contributed by atoms with Crippen LogP contribution in [0.1, 0.15) is 6.92 Å². The molecular weight excluding hydrogens is 183 g/mol. The summed E-state index contributed by atoms with van der Waals surface area (Å²) in [6.07, 6.45) is 0. The predicted octanol–water partition coefficient (Wildman–Crippen LogP) is -0.00640. The molecule has 2 radical (unpaired) electrons. The van der Waals surface area contributed by atoms with Crippen molar-refractivity contribution in [2.24, 2.45) is 0 Å². The number of rotatable bonds is 2. The van der Waals surface area contributed by atoms with Crippen LogP contribution in [0.4, 0.5) is 0 Å². The van der Waals surface area contributed by atoms with Gasteiger partial charge in [-0.25, -0.2) is 0 Å². The maximum absolute atomic E-state index is 4.79. The maximum atomic E-state index is 4.79. The van der Waals surface area contributed by atoms with Crippen LogP contribution in [0.2, 0.25) is 0 Å². The summed E-state index contributed by atoms with van der Waals surface area (Å²) in [7, 11) is 1.72. The van der Waals surface area contributed by atoms with Crippen molar-refractivity contribution >= 4 is 25.6 Å². The molecule has 0 aromatic carbocycles. The molecule has 0 amide bonds. The van der Waals surface area contributed by atoms with E-state index >= 15 is 0 Å². The van der Waals surface area contributed by atoms with Gasteiger partial charge in [0.1, 0.15) is 0 Å². The average molecular weight is 191 g/mol. The van der Waals surface area contributed by atoms with Crippen LogP contribution in [0, 0.1) is 0 Å². The predicted molar refractivity (Wildman–Crippen MR) is 28.3 cm³/mol. The molecule has 0 aliphatic carbocycles. The summed E-state index contributed by atoms with van der Waals surface area (Å²) < 4.78 is 6.20. The zero-order chi connectivity index (χ0) is 4.99. The quantitative estimate of drug-likeness (QED) is 0.557. The second-order valence-corrected chi connectivity index (χ2v) is 3.65. The molecule has 0 aromatic heterocycles. The molecule has 0 N–H and O–H groups in total. The second-order valence-electron chi connectivity index (χ2n) is 1.21. The molecule has 0 saturated carbocycles. The first-order chi connectivity index (χ1) is 2.77. The van der Waals surface area contributed by atoms with E-state index in [4.69, 9.17) is 4.74 Å². The van der Waals surface area contributed by atoms with Gasteiger partial charge in [0.25, 0.3) is 0 Å². The van der Waals surface area contributed by atoms with Crippen LogP contribution in [0.25, 0.3) is 0 Å². The SMILES string of the molecule is COC[C](C)=[Sn]. The Balaban J connectivity index is 2.83. The van der Waals surface area contributed by atoms with Crippen molar-refractivity contribution in [2.45, 2.75) is 6.92 Å². The van der Waals surface area contributed by atoms with Crippen molar-refractivity contribution in [3.63, 3.8) is 0 Å². The third-order valence-electron chi connectivity index (χ3n) is 0.361. The molecule has 0 atom stereocenters. The standard InChI is InChI=1S/C4H8O.Sn/c1-3-4-5-2;/h4H2,1-2H3;. The van der Waals surface area contributed by atoms with Gasteiger partial charge >= 0.3 is 50.9 Å². The van der Waals surface area contributed by atoms with Crippen LogP contribution in [0.3, 0.4) is 0 Å². The van der Waals surface area contributed by atoms with Crippen molar-refractivity contribution in [3.8, 4) is 0 Å². The Morgan fingerprint density at radius 3 is 2.33 bits per heavy atom. The summed E-state index contributed by atoms with van der Waals surface area (Å²) in [6.45, 7) is 2.92. The normalized spacial score (nSPS) is 8.33. The second kappa shape index (κ2) is 3.81. The molecule has 0 aliphatic rings. The Kier molecular flexibility index (Phi) is 4.21. The molecule has 0 saturated heterocycles. The molecule has 34 valence electrons. The average Bonchev–Trinajstić information content (AvgIpc) is 1.35. The molecular formula is C4H8OSn. The molecule has 0 unspecified atom stereocenters. The van der Waals surface area contributed by atoms with Gasteiger partial charge < -0.3 is 0 Å². The van der Waals surface area contributed by atoms with Crippen molar-refractivity contribution in [1.82, 2.24) is 0 Å². The van der Waals surface area contributed by atoms with Crippen molar-refractivity contribution < 1.29 is 4.74 Å². The fourth-order valence-corrected chi connectivity index (χ4v) is 0.628. The number of ether oxygens (including phenoxy) is 1. The fourth-order valence-electron chi connectivity index (χ4n) is 0.217. The van der Waals surface area contributed by atoms with Crippen LogP contribution >= 0.6 is 0 Å². The summed E-state index contributed by atoms with van der Waals surface area (Å²) in [6, 6.07) is 0. The van der Waals surface area contributed by atoms with Crippen LogP contribution in [-0.4, -0.2) is 39.3 Å². The topological polar surface area (TPSA) is 9.23 Å². The monoisotopic (exact) mass is 192 g/mol. The minimum absolute atomic E-state index is 0.832. The Morgan fingerprint density at radius 1 is 1.83 bits per heavy atom. The van der Waals surface area contributed by atoms with E-state index in [1.54, 1.807) is 7.11 Å². The van der Waals surface area contributed by atoms with Gasteiger partial charge in [-0.2, -0.15) is 0 Å². The van der Waals surface area contributed by atoms with E-state index in [0.29, 0.717) is 0 Å². The Labute approximate surface area is 51.3 Å². The van der Waals surface area contributed by atoms with Gasteiger partial charge in [-0.15, -0.1) is 0 Å². The molecule has 0 fully saturated rings. The van der Waals surface area contributed by atoms with E-state index < -0.39 is 0 Å². The molecule has 1 nitrogen and oxygen atoms in total. The van der Waals surface area contributed by atoms with E-state index in [9.17, 15) is 0 Å². The summed E-state index contributed by atoms with van der Waals surface area (Å²) in [5.41, 5.74) is 0. The third-order valence-corrected chi connectivity index (χ3v) is 0.773. The van der Waals surface area contributed by atoms with Crippen molar-refractivity contribution in [1.29, 1.82) is 0 Å². The van der Waals surface area contributed by atoms with Gasteiger partial charge in [0.2, 0.25) is 0 Å². The fraction of sp³-hybridized carbons (Fsp3) is 0.750. The van der Waals surface area contributed by atoms with E-state index in [2.05, 4.69) is 6.92 Å². The Bertz CT molecular complexity index is 51.5. The van der Waals surface area contributed by atoms with Crippen molar-refractivity contribution in [3.05, 3.63) is 0 Å². The Morgan fingerprint density at radius 2 is 2.33 bits per heavy atom. The summed E-state index contributed by atoms with van der Waals surface area (Å²) in [5.74, 6) is 0. The van der Waals surface area contributed by atoms with Gasteiger partial charge in [-0.1, -0.05) is 0 Å². The molecule has 6 heavy (non-hydrogen) atoms. The molecule has 0 bridgehead atoms. The van der Waals surface area contributed by atoms with E-state index in [-0.39, 0.29) is 0 Å². The first kappa shape index (κ1) is 6.63. The van der Waals surface area contributed by atoms with Gasteiger partial charge in [0.15, 0.2) is 0 Å². The van der Waals surface area contributed by atoms with Gasteiger partial charge in [0, 0.05) is 0 Å². The molecule has 0 aromatic rings. The zero-order valence-corrected chi connectivity index (χ0v) is 6.97. The minimum atomic E-state index is 0.832. The summed E-state index contributed by atoms with van der Waals surface area (Å²) >= 11 is 1.48. The van der Waals surface area contributed by atoms with Crippen LogP contribution in [0.5, 0.6) is 0 Å². The van der Waals surface area contributed by atoms with E-state index in [1.165, 1.54) is 25.6 Å². The van der Waals surface area contributed by atoms with Crippen molar-refractivity contribution in [2.75, 3.05) is 13.7 Å². The van der Waals surface area contributed by atoms with E-state index in [1.807, 2.05) is 0 Å². The molecule has 2 heteroatoms. The Hall–Kier alpha value is 0.629. The van der Waals surface area contributed by atoms with Crippen LogP contribution in [0.15, 0.2) is 0 Å². The number of hydrogen-bond donors (Lipinski definition) is 0. The van der Waals surface area contributed by atoms with Gasteiger partial charge in [-0.05, 0) is 0 Å². The molecule has 0 rings (SSSR count). The summed E-state index contributed by atoms with van der Waals surface area (Å²) in [5, 5.41) is 0.